The lowest BCUT2D eigenvalue weighted by molar-refractivity contribution is 0.101. The van der Waals surface area contributed by atoms with Crippen LogP contribution in [-0.4, -0.2) is 47.6 Å². The molecular weight excluding hydrogens is 631 g/mol. The second kappa shape index (κ2) is 14.3. The number of carbonyl (C=O) groups excluding carboxylic acids is 4. The van der Waals surface area contributed by atoms with Gasteiger partial charge in [-0.05, 0) is 56.2 Å². The third-order valence-electron chi connectivity index (χ3n) is 6.30. The molecule has 0 radical (unpaired) electrons. The summed E-state index contributed by atoms with van der Waals surface area (Å²) in [5.41, 5.74) is 2.58. The minimum atomic E-state index is -0.665. The number of nitrogens with zero attached hydrogens (tertiary/aromatic N) is 2. The summed E-state index contributed by atoms with van der Waals surface area (Å²) in [6.45, 7) is 5.70. The van der Waals surface area contributed by atoms with Gasteiger partial charge in [0, 0.05) is 11.3 Å². The van der Waals surface area contributed by atoms with E-state index in [1.165, 1.54) is 12.1 Å². The largest absolute Gasteiger partial charge is 0.477 e. The number of pyridine rings is 2. The van der Waals surface area contributed by atoms with Crippen LogP contribution in [0.15, 0.2) is 48.5 Å². The van der Waals surface area contributed by atoms with Crippen molar-refractivity contribution in [1.29, 1.82) is 0 Å². The van der Waals surface area contributed by atoms with E-state index in [0.29, 0.717) is 35.0 Å². The Kier molecular flexibility index (Phi) is 10.5. The third-order valence-corrected chi connectivity index (χ3v) is 7.29. The molecule has 0 aliphatic heterocycles. The van der Waals surface area contributed by atoms with Gasteiger partial charge in [0.25, 0.3) is 11.8 Å². The van der Waals surface area contributed by atoms with Crippen molar-refractivity contribution in [3.8, 4) is 22.9 Å². The Hall–Kier alpha value is -4.51. The maximum atomic E-state index is 13.2. The Morgan fingerprint density at radius 2 is 1.20 bits per heavy atom. The number of aromatic nitrogens is 2. The van der Waals surface area contributed by atoms with Crippen LogP contribution in [0.5, 0.6) is 11.8 Å². The molecule has 4 aromatic rings. The first kappa shape index (κ1) is 32.4. The number of hydrogen-bond acceptors (Lipinski definition) is 8. The minimum Gasteiger partial charge on any atom is -0.477 e. The molecule has 0 unspecified atom stereocenters. The minimum absolute atomic E-state index is 0.00144. The lowest BCUT2D eigenvalue weighted by Crippen LogP contribution is -2.17. The van der Waals surface area contributed by atoms with E-state index in [0.717, 1.165) is 0 Å². The highest BCUT2D eigenvalue weighted by Crippen LogP contribution is 2.38. The quantitative estimate of drug-likeness (QED) is 0.160. The van der Waals surface area contributed by atoms with E-state index in [4.69, 9.17) is 44.3 Å². The highest BCUT2D eigenvalue weighted by Gasteiger charge is 2.22. The van der Waals surface area contributed by atoms with E-state index in [2.05, 4.69) is 20.6 Å². The number of carbonyl (C=O) groups is 4. The van der Waals surface area contributed by atoms with Gasteiger partial charge in [-0.25, -0.2) is 9.97 Å². The topological polar surface area (TPSA) is 137 Å². The SMILES string of the molecule is CCOc1nc(C(=O)Nc2cccc(-c3cccc(NC(=O)c4nc(OCC)c(C=O)cc4Cl)c3Cl)c2C)c(Cl)cc1C=O. The van der Waals surface area contributed by atoms with Gasteiger partial charge in [0.15, 0.2) is 24.0 Å². The van der Waals surface area contributed by atoms with Gasteiger partial charge in [-0.15, -0.1) is 0 Å². The molecule has 226 valence electrons. The summed E-state index contributed by atoms with van der Waals surface area (Å²) in [5.74, 6) is -1.30. The first-order chi connectivity index (χ1) is 21.1. The van der Waals surface area contributed by atoms with Crippen molar-refractivity contribution >= 4 is 70.6 Å². The molecule has 2 aromatic heterocycles. The lowest BCUT2D eigenvalue weighted by atomic mass is 9.98. The Labute approximate surface area is 267 Å². The van der Waals surface area contributed by atoms with Gasteiger partial charge < -0.3 is 20.1 Å². The fourth-order valence-corrected chi connectivity index (χ4v) is 4.99. The first-order valence-electron chi connectivity index (χ1n) is 13.2. The standard InChI is InChI=1S/C31H25Cl3N4O6/c1-4-43-30-17(14-39)12-21(32)26(37-30)28(41)35-23-10-6-8-19(16(23)3)20-9-7-11-24(25(20)34)36-29(42)27-22(33)13-18(15-40)31(38-27)44-5-2/h6-15H,4-5H2,1-3H3,(H,35,41)(H,36,42). The van der Waals surface area contributed by atoms with Crippen molar-refractivity contribution < 1.29 is 28.7 Å². The summed E-state index contributed by atoms with van der Waals surface area (Å²) < 4.78 is 10.8. The molecule has 2 amide bonds. The van der Waals surface area contributed by atoms with Crippen LogP contribution in [-0.2, 0) is 0 Å². The molecule has 0 aliphatic carbocycles. The second-order valence-electron chi connectivity index (χ2n) is 9.08. The van der Waals surface area contributed by atoms with Gasteiger partial charge in [0.1, 0.15) is 0 Å². The van der Waals surface area contributed by atoms with Crippen molar-refractivity contribution in [2.24, 2.45) is 0 Å². The number of ether oxygens (including phenoxy) is 2. The number of nitrogens with one attached hydrogen (secondary N) is 2. The molecule has 0 saturated heterocycles. The van der Waals surface area contributed by atoms with E-state index >= 15 is 0 Å². The Balaban J connectivity index is 1.64. The maximum Gasteiger partial charge on any atom is 0.276 e. The molecule has 0 bridgehead atoms. The van der Waals surface area contributed by atoms with Crippen LogP contribution in [0.2, 0.25) is 15.1 Å². The molecule has 0 fully saturated rings. The van der Waals surface area contributed by atoms with Crippen LogP contribution >= 0.6 is 34.8 Å². The molecular formula is C31H25Cl3N4O6. The number of aldehydes is 2. The summed E-state index contributed by atoms with van der Waals surface area (Å²) in [6.07, 6.45) is 1.09. The normalized spacial score (nSPS) is 10.6. The zero-order valence-corrected chi connectivity index (χ0v) is 25.9. The van der Waals surface area contributed by atoms with Gasteiger partial charge in [-0.1, -0.05) is 59.1 Å². The van der Waals surface area contributed by atoms with Crippen LogP contribution in [0.4, 0.5) is 11.4 Å². The van der Waals surface area contributed by atoms with E-state index in [-0.39, 0.29) is 68.2 Å². The monoisotopic (exact) mass is 654 g/mol. The summed E-state index contributed by atoms with van der Waals surface area (Å²) >= 11 is 19.3. The van der Waals surface area contributed by atoms with E-state index in [1.807, 2.05) is 0 Å². The number of amides is 2. The fourth-order valence-electron chi connectivity index (χ4n) is 4.23. The molecule has 0 spiro atoms. The van der Waals surface area contributed by atoms with E-state index < -0.39 is 11.8 Å². The number of benzene rings is 2. The molecule has 2 aromatic carbocycles. The Morgan fingerprint density at radius 3 is 1.68 bits per heavy atom. The maximum absolute atomic E-state index is 13.2. The molecule has 2 heterocycles. The molecule has 13 heteroatoms. The van der Waals surface area contributed by atoms with Crippen LogP contribution < -0.4 is 20.1 Å². The highest BCUT2D eigenvalue weighted by atomic mass is 35.5. The number of rotatable bonds is 11. The Bertz CT molecular complexity index is 1650. The first-order valence-corrected chi connectivity index (χ1v) is 14.3. The van der Waals surface area contributed by atoms with Crippen LogP contribution in [0.25, 0.3) is 11.1 Å². The highest BCUT2D eigenvalue weighted by molar-refractivity contribution is 6.37. The van der Waals surface area contributed by atoms with Crippen molar-refractivity contribution in [1.82, 2.24) is 9.97 Å². The zero-order chi connectivity index (χ0) is 32.0. The van der Waals surface area contributed by atoms with Crippen molar-refractivity contribution in [3.05, 3.63) is 91.7 Å². The number of anilines is 2. The number of halogens is 3. The fraction of sp³-hybridized carbons (Fsp3) is 0.161. The predicted octanol–water partition coefficient (Wildman–Crippen LogP) is 7.34. The van der Waals surface area contributed by atoms with E-state index in [9.17, 15) is 19.2 Å². The second-order valence-corrected chi connectivity index (χ2v) is 10.3. The predicted molar refractivity (Wildman–Crippen MR) is 169 cm³/mol. The van der Waals surface area contributed by atoms with Crippen molar-refractivity contribution in [3.63, 3.8) is 0 Å². The molecule has 0 aliphatic rings. The van der Waals surface area contributed by atoms with Gasteiger partial charge >= 0.3 is 0 Å². The molecule has 44 heavy (non-hydrogen) atoms. The van der Waals surface area contributed by atoms with E-state index in [1.54, 1.807) is 57.2 Å². The van der Waals surface area contributed by atoms with Gasteiger partial charge in [0.2, 0.25) is 11.8 Å². The number of hydrogen-bond donors (Lipinski definition) is 2. The smallest absolute Gasteiger partial charge is 0.276 e. The van der Waals surface area contributed by atoms with Gasteiger partial charge in [-0.3, -0.25) is 19.2 Å². The van der Waals surface area contributed by atoms with Crippen LogP contribution in [0, 0.1) is 6.92 Å². The van der Waals surface area contributed by atoms with Crippen LogP contribution in [0.1, 0.15) is 61.1 Å². The van der Waals surface area contributed by atoms with Gasteiger partial charge in [-0.2, -0.15) is 0 Å². The lowest BCUT2D eigenvalue weighted by Gasteiger charge is -2.16. The summed E-state index contributed by atoms with van der Waals surface area (Å²) in [7, 11) is 0. The third kappa shape index (κ3) is 6.83. The summed E-state index contributed by atoms with van der Waals surface area (Å²) in [4.78, 5) is 57.3. The molecule has 0 atom stereocenters. The summed E-state index contributed by atoms with van der Waals surface area (Å²) in [6, 6.07) is 12.9. The van der Waals surface area contributed by atoms with Crippen molar-refractivity contribution in [2.45, 2.75) is 20.8 Å². The Morgan fingerprint density at radius 1 is 0.750 bits per heavy atom. The zero-order valence-electron chi connectivity index (χ0n) is 23.7. The van der Waals surface area contributed by atoms with Crippen molar-refractivity contribution in [2.75, 3.05) is 23.8 Å². The molecule has 0 saturated carbocycles. The molecule has 2 N–H and O–H groups in total. The molecule has 10 nitrogen and oxygen atoms in total. The van der Waals surface area contributed by atoms with Gasteiger partial charge in [0.05, 0.1) is 45.1 Å². The average molecular weight is 656 g/mol. The van der Waals surface area contributed by atoms with Crippen LogP contribution in [0.3, 0.4) is 0 Å². The molecule has 4 rings (SSSR count). The summed E-state index contributed by atoms with van der Waals surface area (Å²) in [5, 5.41) is 5.67. The average Bonchev–Trinajstić information content (AvgIpc) is 3.00.